The van der Waals surface area contributed by atoms with E-state index >= 15 is 0 Å². The van der Waals surface area contributed by atoms with Crippen LogP contribution < -0.4 is 16.2 Å². The Hall–Kier alpha value is -1.36. The molecular formula is C11H20N4O. The lowest BCUT2D eigenvalue weighted by molar-refractivity contribution is 0.509. The van der Waals surface area contributed by atoms with Gasteiger partial charge in [0.15, 0.2) is 5.82 Å². The average Bonchev–Trinajstić information content (AvgIpc) is 2.23. The van der Waals surface area contributed by atoms with Crippen LogP contribution in [0, 0.1) is 5.92 Å². The predicted octanol–water partition coefficient (Wildman–Crippen LogP) is 0.531. The lowest BCUT2D eigenvalue weighted by Gasteiger charge is -2.10. The van der Waals surface area contributed by atoms with E-state index in [0.717, 1.165) is 13.1 Å². The summed E-state index contributed by atoms with van der Waals surface area (Å²) in [5.74, 6) is 0.878. The quantitative estimate of drug-likeness (QED) is 0.692. The first-order valence-corrected chi connectivity index (χ1v) is 5.59. The Morgan fingerprint density at radius 3 is 2.81 bits per heavy atom. The number of nitrogens with zero attached hydrogens (tertiary/aromatic N) is 2. The molecule has 5 heteroatoms. The Bertz CT molecular complexity index is 372. The molecule has 0 atom stereocenters. The summed E-state index contributed by atoms with van der Waals surface area (Å²) in [6.45, 7) is 6.40. The number of hydrogen-bond acceptors (Lipinski definition) is 4. The predicted molar refractivity (Wildman–Crippen MR) is 65.8 cm³/mol. The monoisotopic (exact) mass is 224 g/mol. The number of anilines is 1. The number of nitrogens with one attached hydrogen (secondary N) is 2. The van der Waals surface area contributed by atoms with E-state index in [1.165, 1.54) is 0 Å². The van der Waals surface area contributed by atoms with Crippen molar-refractivity contribution in [1.82, 2.24) is 14.9 Å². The highest BCUT2D eigenvalue weighted by Crippen LogP contribution is 1.98. The summed E-state index contributed by atoms with van der Waals surface area (Å²) in [6.07, 6.45) is 3.39. The van der Waals surface area contributed by atoms with E-state index in [1.807, 2.05) is 7.05 Å². The highest BCUT2D eigenvalue weighted by molar-refractivity contribution is 5.30. The Labute approximate surface area is 95.9 Å². The minimum absolute atomic E-state index is 0.0488. The SMILES string of the molecule is CNCCNc1nccn(CC(C)C)c1=O. The van der Waals surface area contributed by atoms with Crippen molar-refractivity contribution >= 4 is 5.82 Å². The molecule has 5 nitrogen and oxygen atoms in total. The van der Waals surface area contributed by atoms with Crippen LogP contribution in [-0.2, 0) is 6.54 Å². The maximum atomic E-state index is 11.9. The van der Waals surface area contributed by atoms with Crippen molar-refractivity contribution in [2.24, 2.45) is 5.92 Å². The molecule has 0 amide bonds. The molecule has 0 bridgehead atoms. The van der Waals surface area contributed by atoms with Gasteiger partial charge in [-0.1, -0.05) is 13.8 Å². The van der Waals surface area contributed by atoms with Gasteiger partial charge in [0, 0.05) is 32.0 Å². The molecule has 0 saturated carbocycles. The van der Waals surface area contributed by atoms with Crippen LogP contribution in [0.4, 0.5) is 5.82 Å². The van der Waals surface area contributed by atoms with Crippen LogP contribution in [0.25, 0.3) is 0 Å². The molecule has 1 aromatic heterocycles. The first-order chi connectivity index (χ1) is 7.65. The van der Waals surface area contributed by atoms with E-state index in [0.29, 0.717) is 18.3 Å². The molecule has 1 aromatic rings. The fraction of sp³-hybridized carbons (Fsp3) is 0.636. The van der Waals surface area contributed by atoms with Gasteiger partial charge < -0.3 is 15.2 Å². The molecule has 0 spiro atoms. The van der Waals surface area contributed by atoms with Crippen LogP contribution in [-0.4, -0.2) is 29.7 Å². The van der Waals surface area contributed by atoms with E-state index in [1.54, 1.807) is 17.0 Å². The minimum Gasteiger partial charge on any atom is -0.364 e. The minimum atomic E-state index is -0.0488. The van der Waals surface area contributed by atoms with Crippen molar-refractivity contribution in [2.45, 2.75) is 20.4 Å². The highest BCUT2D eigenvalue weighted by Gasteiger charge is 2.04. The smallest absolute Gasteiger partial charge is 0.293 e. The van der Waals surface area contributed by atoms with Gasteiger partial charge in [-0.05, 0) is 13.0 Å². The molecule has 16 heavy (non-hydrogen) atoms. The van der Waals surface area contributed by atoms with Gasteiger partial charge in [-0.2, -0.15) is 0 Å². The Balaban J connectivity index is 2.74. The normalized spacial score (nSPS) is 10.8. The molecule has 0 aliphatic carbocycles. The fourth-order valence-electron chi connectivity index (χ4n) is 1.41. The maximum absolute atomic E-state index is 11.9. The Morgan fingerprint density at radius 2 is 2.19 bits per heavy atom. The molecule has 0 unspecified atom stereocenters. The van der Waals surface area contributed by atoms with Gasteiger partial charge in [-0.25, -0.2) is 4.98 Å². The number of likely N-dealkylation sites (N-methyl/N-ethyl adjacent to an activating group) is 1. The van der Waals surface area contributed by atoms with Crippen molar-refractivity contribution in [3.05, 3.63) is 22.7 Å². The van der Waals surface area contributed by atoms with E-state index in [-0.39, 0.29) is 5.56 Å². The summed E-state index contributed by atoms with van der Waals surface area (Å²) in [6, 6.07) is 0. The Morgan fingerprint density at radius 1 is 1.44 bits per heavy atom. The summed E-state index contributed by atoms with van der Waals surface area (Å²) in [7, 11) is 1.87. The van der Waals surface area contributed by atoms with Gasteiger partial charge in [-0.3, -0.25) is 4.79 Å². The zero-order chi connectivity index (χ0) is 12.0. The van der Waals surface area contributed by atoms with Crippen LogP contribution in [0.15, 0.2) is 17.2 Å². The topological polar surface area (TPSA) is 59.0 Å². The molecule has 90 valence electrons. The molecule has 1 heterocycles. The van der Waals surface area contributed by atoms with Crippen molar-refractivity contribution in [2.75, 3.05) is 25.5 Å². The summed E-state index contributed by atoms with van der Waals surface area (Å²) < 4.78 is 1.69. The first-order valence-electron chi connectivity index (χ1n) is 5.59. The van der Waals surface area contributed by atoms with Crippen molar-refractivity contribution < 1.29 is 0 Å². The zero-order valence-electron chi connectivity index (χ0n) is 10.2. The number of hydrogen-bond donors (Lipinski definition) is 2. The third kappa shape index (κ3) is 3.66. The second kappa shape index (κ2) is 6.27. The van der Waals surface area contributed by atoms with E-state index in [2.05, 4.69) is 29.5 Å². The summed E-state index contributed by atoms with van der Waals surface area (Å²) in [5, 5.41) is 6.03. The van der Waals surface area contributed by atoms with Crippen molar-refractivity contribution in [3.63, 3.8) is 0 Å². The average molecular weight is 224 g/mol. The molecule has 0 saturated heterocycles. The van der Waals surface area contributed by atoms with Gasteiger partial charge >= 0.3 is 0 Å². The van der Waals surface area contributed by atoms with Crippen molar-refractivity contribution in [1.29, 1.82) is 0 Å². The summed E-state index contributed by atoms with van der Waals surface area (Å²) >= 11 is 0. The third-order valence-electron chi connectivity index (χ3n) is 2.14. The molecule has 0 fully saturated rings. The second-order valence-corrected chi connectivity index (χ2v) is 4.16. The van der Waals surface area contributed by atoms with E-state index in [4.69, 9.17) is 0 Å². The lowest BCUT2D eigenvalue weighted by Crippen LogP contribution is -2.28. The third-order valence-corrected chi connectivity index (χ3v) is 2.14. The number of rotatable bonds is 6. The fourth-order valence-corrected chi connectivity index (χ4v) is 1.41. The van der Waals surface area contributed by atoms with Gasteiger partial charge in [-0.15, -0.1) is 0 Å². The van der Waals surface area contributed by atoms with Crippen molar-refractivity contribution in [3.8, 4) is 0 Å². The van der Waals surface area contributed by atoms with Crippen LogP contribution in [0.1, 0.15) is 13.8 Å². The summed E-state index contributed by atoms with van der Waals surface area (Å²) in [4.78, 5) is 16.0. The van der Waals surface area contributed by atoms with Gasteiger partial charge in [0.2, 0.25) is 0 Å². The Kier molecular flexibility index (Phi) is 4.98. The molecule has 0 aromatic carbocycles. The van der Waals surface area contributed by atoms with Gasteiger partial charge in [0.25, 0.3) is 5.56 Å². The van der Waals surface area contributed by atoms with E-state index < -0.39 is 0 Å². The molecular weight excluding hydrogens is 204 g/mol. The zero-order valence-corrected chi connectivity index (χ0v) is 10.2. The second-order valence-electron chi connectivity index (χ2n) is 4.16. The molecule has 2 N–H and O–H groups in total. The largest absolute Gasteiger partial charge is 0.364 e. The maximum Gasteiger partial charge on any atom is 0.293 e. The standard InChI is InChI=1S/C11H20N4O/c1-9(2)8-15-7-6-14-10(11(15)16)13-5-4-12-3/h6-7,9,12H,4-5,8H2,1-3H3,(H,13,14). The van der Waals surface area contributed by atoms with Crippen LogP contribution in [0.2, 0.25) is 0 Å². The lowest BCUT2D eigenvalue weighted by atomic mass is 10.2. The van der Waals surface area contributed by atoms with Gasteiger partial charge in [0.05, 0.1) is 0 Å². The first kappa shape index (κ1) is 12.7. The summed E-state index contributed by atoms with van der Waals surface area (Å²) in [5.41, 5.74) is -0.0488. The molecule has 0 aliphatic rings. The number of aromatic nitrogens is 2. The van der Waals surface area contributed by atoms with Crippen LogP contribution in [0.5, 0.6) is 0 Å². The molecule has 1 rings (SSSR count). The molecule has 0 radical (unpaired) electrons. The van der Waals surface area contributed by atoms with Crippen LogP contribution >= 0.6 is 0 Å². The highest BCUT2D eigenvalue weighted by atomic mass is 16.1. The van der Waals surface area contributed by atoms with Crippen LogP contribution in [0.3, 0.4) is 0 Å². The molecule has 0 aliphatic heterocycles. The van der Waals surface area contributed by atoms with Gasteiger partial charge in [0.1, 0.15) is 0 Å². The van der Waals surface area contributed by atoms with E-state index in [9.17, 15) is 4.79 Å².